The molecule has 1 heterocycles. The zero-order chi connectivity index (χ0) is 24.6. The first-order valence-corrected chi connectivity index (χ1v) is 10.9. The van der Waals surface area contributed by atoms with E-state index in [1.807, 2.05) is 23.6 Å². The highest BCUT2D eigenvalue weighted by Gasteiger charge is 2.30. The number of hydrogen-bond donors (Lipinski definition) is 1. The van der Waals surface area contributed by atoms with Crippen LogP contribution in [0.1, 0.15) is 23.7 Å². The smallest absolute Gasteiger partial charge is 0.416 e. The van der Waals surface area contributed by atoms with Gasteiger partial charge in [-0.15, -0.1) is 0 Å². The van der Waals surface area contributed by atoms with Crippen LogP contribution in [0.15, 0.2) is 66.9 Å². The fourth-order valence-electron chi connectivity index (χ4n) is 3.44. The Hall–Kier alpha value is -3.46. The minimum Gasteiger partial charge on any atom is -0.494 e. The van der Waals surface area contributed by atoms with Gasteiger partial charge in [0.1, 0.15) is 5.75 Å². The maximum Gasteiger partial charge on any atom is 0.416 e. The summed E-state index contributed by atoms with van der Waals surface area (Å²) in [6.07, 6.45) is -2.61. The lowest BCUT2D eigenvalue weighted by Crippen LogP contribution is -2.37. The number of aromatic nitrogens is 1. The predicted molar refractivity (Wildman–Crippen MR) is 124 cm³/mol. The van der Waals surface area contributed by atoms with Gasteiger partial charge in [0.2, 0.25) is 0 Å². The summed E-state index contributed by atoms with van der Waals surface area (Å²) in [5, 5.41) is 2.87. The van der Waals surface area contributed by atoms with Crippen molar-refractivity contribution in [1.82, 2.24) is 9.47 Å². The zero-order valence-electron chi connectivity index (χ0n) is 19.1. The molecular weight excluding hydrogens is 447 g/mol. The van der Waals surface area contributed by atoms with Crippen molar-refractivity contribution in [2.45, 2.75) is 26.2 Å². The van der Waals surface area contributed by atoms with Gasteiger partial charge in [0.15, 0.2) is 0 Å². The Labute approximate surface area is 196 Å². The van der Waals surface area contributed by atoms with E-state index < -0.39 is 11.7 Å². The lowest BCUT2D eigenvalue weighted by Gasteiger charge is -2.24. The molecule has 0 aliphatic carbocycles. The normalized spacial score (nSPS) is 11.3. The third-order valence-electron chi connectivity index (χ3n) is 5.15. The van der Waals surface area contributed by atoms with Gasteiger partial charge < -0.3 is 24.3 Å². The van der Waals surface area contributed by atoms with Crippen LogP contribution < -0.4 is 10.1 Å². The third kappa shape index (κ3) is 7.02. The van der Waals surface area contributed by atoms with Crippen molar-refractivity contribution < 1.29 is 27.4 Å². The maximum atomic E-state index is 13.1. The number of amides is 2. The Balaban J connectivity index is 1.72. The number of nitrogens with one attached hydrogen (secondary N) is 1. The molecule has 0 unspecified atom stereocenters. The second kappa shape index (κ2) is 11.6. The average molecular weight is 476 g/mol. The topological polar surface area (TPSA) is 55.7 Å². The van der Waals surface area contributed by atoms with Crippen LogP contribution in [0, 0.1) is 0 Å². The molecule has 34 heavy (non-hydrogen) atoms. The summed E-state index contributed by atoms with van der Waals surface area (Å²) in [4.78, 5) is 14.6. The van der Waals surface area contributed by atoms with E-state index in [-0.39, 0.29) is 19.1 Å². The largest absolute Gasteiger partial charge is 0.494 e. The van der Waals surface area contributed by atoms with Gasteiger partial charge in [-0.05, 0) is 61.0 Å². The maximum absolute atomic E-state index is 13.1. The van der Waals surface area contributed by atoms with Crippen LogP contribution in [0.4, 0.5) is 23.7 Å². The van der Waals surface area contributed by atoms with Crippen molar-refractivity contribution >= 4 is 11.7 Å². The molecular formula is C25H28F3N3O3. The molecule has 0 saturated carbocycles. The van der Waals surface area contributed by atoms with E-state index in [1.54, 1.807) is 48.5 Å². The zero-order valence-corrected chi connectivity index (χ0v) is 19.1. The van der Waals surface area contributed by atoms with Crippen LogP contribution in [0.2, 0.25) is 0 Å². The molecule has 1 N–H and O–H groups in total. The first-order chi connectivity index (χ1) is 16.3. The van der Waals surface area contributed by atoms with Crippen LogP contribution in [0.25, 0.3) is 0 Å². The molecule has 0 radical (unpaired) electrons. The van der Waals surface area contributed by atoms with E-state index >= 15 is 0 Å². The van der Waals surface area contributed by atoms with Crippen molar-refractivity contribution in [3.63, 3.8) is 0 Å². The summed E-state index contributed by atoms with van der Waals surface area (Å²) in [6.45, 7) is 3.64. The summed E-state index contributed by atoms with van der Waals surface area (Å²) in [5.74, 6) is 0.712. The number of carbonyl (C=O) groups is 1. The van der Waals surface area contributed by atoms with Crippen molar-refractivity contribution in [3.05, 3.63) is 83.7 Å². The fraction of sp³-hybridized carbons (Fsp3) is 0.320. The van der Waals surface area contributed by atoms with Gasteiger partial charge in [0, 0.05) is 37.8 Å². The minimum absolute atomic E-state index is 0.255. The number of rotatable bonds is 10. The highest BCUT2D eigenvalue weighted by Crippen LogP contribution is 2.29. The van der Waals surface area contributed by atoms with E-state index in [4.69, 9.17) is 9.47 Å². The summed E-state index contributed by atoms with van der Waals surface area (Å²) >= 11 is 0. The summed E-state index contributed by atoms with van der Waals surface area (Å²) in [5.41, 5.74) is 1.25. The molecule has 3 aromatic rings. The van der Waals surface area contributed by atoms with Gasteiger partial charge >= 0.3 is 12.2 Å². The monoisotopic (exact) mass is 475 g/mol. The standard InChI is InChI=1S/C25H28F3N3O3/c1-3-34-23-11-9-21(10-12-23)29-24(32)31(14-15-33-2)18-22-8-5-13-30(22)17-19-6-4-7-20(16-19)25(26,27)28/h4-13,16H,3,14-15,17-18H2,1-2H3,(H,29,32). The van der Waals surface area contributed by atoms with E-state index in [0.717, 1.165) is 17.8 Å². The number of hydrogen-bond acceptors (Lipinski definition) is 3. The predicted octanol–water partition coefficient (Wildman–Crippen LogP) is 5.63. The van der Waals surface area contributed by atoms with Crippen LogP contribution in [0.5, 0.6) is 5.75 Å². The van der Waals surface area contributed by atoms with Gasteiger partial charge in [-0.3, -0.25) is 0 Å². The summed E-state index contributed by atoms with van der Waals surface area (Å²) < 4.78 is 51.6. The number of urea groups is 1. The molecule has 3 rings (SSSR count). The molecule has 0 aliphatic rings. The number of ether oxygens (including phenoxy) is 2. The van der Waals surface area contributed by atoms with Crippen LogP contribution in [-0.4, -0.2) is 42.4 Å². The number of halogens is 3. The fourth-order valence-corrected chi connectivity index (χ4v) is 3.44. The molecule has 182 valence electrons. The molecule has 0 aliphatic heterocycles. The lowest BCUT2D eigenvalue weighted by atomic mass is 10.1. The Kier molecular flexibility index (Phi) is 8.59. The van der Waals surface area contributed by atoms with Crippen molar-refractivity contribution in [2.75, 3.05) is 32.2 Å². The highest BCUT2D eigenvalue weighted by molar-refractivity contribution is 5.89. The lowest BCUT2D eigenvalue weighted by molar-refractivity contribution is -0.137. The van der Waals surface area contributed by atoms with Crippen LogP contribution >= 0.6 is 0 Å². The first-order valence-electron chi connectivity index (χ1n) is 10.9. The van der Waals surface area contributed by atoms with E-state index in [1.165, 1.54) is 6.07 Å². The average Bonchev–Trinajstić information content (AvgIpc) is 3.24. The highest BCUT2D eigenvalue weighted by atomic mass is 19.4. The van der Waals surface area contributed by atoms with Gasteiger partial charge in [-0.25, -0.2) is 4.79 Å². The number of anilines is 1. The Morgan fingerprint density at radius 2 is 1.85 bits per heavy atom. The van der Waals surface area contributed by atoms with E-state index in [9.17, 15) is 18.0 Å². The Morgan fingerprint density at radius 3 is 2.53 bits per heavy atom. The second-order valence-electron chi connectivity index (χ2n) is 7.63. The number of carbonyl (C=O) groups excluding carboxylic acids is 1. The SMILES string of the molecule is CCOc1ccc(NC(=O)N(CCOC)Cc2cccn2Cc2cccc(C(F)(F)F)c2)cc1. The minimum atomic E-state index is -4.40. The summed E-state index contributed by atoms with van der Waals surface area (Å²) in [7, 11) is 1.55. The quantitative estimate of drug-likeness (QED) is 0.413. The molecule has 2 aromatic carbocycles. The van der Waals surface area contributed by atoms with Gasteiger partial charge in [0.05, 0.1) is 25.3 Å². The molecule has 2 amide bonds. The molecule has 0 fully saturated rings. The molecule has 0 saturated heterocycles. The molecule has 9 heteroatoms. The second-order valence-corrected chi connectivity index (χ2v) is 7.63. The molecule has 0 spiro atoms. The third-order valence-corrected chi connectivity index (χ3v) is 5.15. The number of alkyl halides is 3. The molecule has 1 aromatic heterocycles. The molecule has 0 bridgehead atoms. The number of nitrogens with zero attached hydrogens (tertiary/aromatic N) is 2. The van der Waals surface area contributed by atoms with Gasteiger partial charge in [-0.1, -0.05) is 12.1 Å². The number of benzene rings is 2. The van der Waals surface area contributed by atoms with Gasteiger partial charge in [0.25, 0.3) is 0 Å². The van der Waals surface area contributed by atoms with Crippen molar-refractivity contribution in [3.8, 4) is 5.75 Å². The van der Waals surface area contributed by atoms with Crippen molar-refractivity contribution in [2.24, 2.45) is 0 Å². The molecule has 0 atom stereocenters. The van der Waals surface area contributed by atoms with Crippen LogP contribution in [-0.2, 0) is 24.0 Å². The molecule has 6 nitrogen and oxygen atoms in total. The van der Waals surface area contributed by atoms with E-state index in [2.05, 4.69) is 5.32 Å². The van der Waals surface area contributed by atoms with E-state index in [0.29, 0.717) is 36.8 Å². The Bertz CT molecular complexity index is 1070. The first kappa shape index (κ1) is 25.2. The number of methoxy groups -OCH3 is 1. The summed E-state index contributed by atoms with van der Waals surface area (Å²) in [6, 6.07) is 15.7. The Morgan fingerprint density at radius 1 is 1.09 bits per heavy atom. The van der Waals surface area contributed by atoms with Crippen LogP contribution in [0.3, 0.4) is 0 Å². The van der Waals surface area contributed by atoms with Crippen molar-refractivity contribution in [1.29, 1.82) is 0 Å². The van der Waals surface area contributed by atoms with Gasteiger partial charge in [-0.2, -0.15) is 13.2 Å².